The summed E-state index contributed by atoms with van der Waals surface area (Å²) in [5.41, 5.74) is 2.67. The molecule has 2 heteroatoms. The van der Waals surface area contributed by atoms with Crippen molar-refractivity contribution in [2.24, 2.45) is 5.92 Å². The highest BCUT2D eigenvalue weighted by Gasteiger charge is 2.21. The summed E-state index contributed by atoms with van der Waals surface area (Å²) in [5, 5.41) is 3.40. The minimum absolute atomic E-state index is 0.364. The summed E-state index contributed by atoms with van der Waals surface area (Å²) >= 11 is 0. The van der Waals surface area contributed by atoms with Crippen molar-refractivity contribution < 1.29 is 4.74 Å². The highest BCUT2D eigenvalue weighted by Crippen LogP contribution is 2.18. The van der Waals surface area contributed by atoms with Gasteiger partial charge in [-0.05, 0) is 35.9 Å². The van der Waals surface area contributed by atoms with Gasteiger partial charge >= 0.3 is 0 Å². The lowest BCUT2D eigenvalue weighted by atomic mass is 9.97. The highest BCUT2D eigenvalue weighted by molar-refractivity contribution is 5.24. The molecular weight excluding hydrogens is 222 g/mol. The first-order valence-electron chi connectivity index (χ1n) is 7.08. The maximum atomic E-state index is 6.02. The van der Waals surface area contributed by atoms with Crippen molar-refractivity contribution in [3.63, 3.8) is 0 Å². The van der Waals surface area contributed by atoms with Gasteiger partial charge in [0.25, 0.3) is 0 Å². The van der Waals surface area contributed by atoms with Crippen LogP contribution in [0.25, 0.3) is 0 Å². The summed E-state index contributed by atoms with van der Waals surface area (Å²) in [5.74, 6) is 1.27. The van der Waals surface area contributed by atoms with Gasteiger partial charge in [0.15, 0.2) is 0 Å². The second-order valence-electron chi connectivity index (χ2n) is 5.72. The Morgan fingerprint density at radius 2 is 2.00 bits per heavy atom. The van der Waals surface area contributed by atoms with E-state index in [1.54, 1.807) is 0 Å². The topological polar surface area (TPSA) is 21.3 Å². The third-order valence-corrected chi connectivity index (χ3v) is 3.87. The van der Waals surface area contributed by atoms with Gasteiger partial charge in [-0.25, -0.2) is 0 Å². The lowest BCUT2D eigenvalue weighted by Gasteiger charge is -2.29. The van der Waals surface area contributed by atoms with Crippen LogP contribution in [0.4, 0.5) is 0 Å². The van der Waals surface area contributed by atoms with Gasteiger partial charge in [0.2, 0.25) is 0 Å². The maximum Gasteiger partial charge on any atom is 0.0729 e. The molecule has 2 nitrogen and oxygen atoms in total. The fourth-order valence-corrected chi connectivity index (χ4v) is 2.39. The van der Waals surface area contributed by atoms with Crippen LogP contribution < -0.4 is 5.32 Å². The molecule has 1 N–H and O–H groups in total. The molecule has 0 spiro atoms. The smallest absolute Gasteiger partial charge is 0.0729 e. The molecule has 2 unspecified atom stereocenters. The summed E-state index contributed by atoms with van der Waals surface area (Å²) in [7, 11) is 0. The van der Waals surface area contributed by atoms with E-state index in [9.17, 15) is 0 Å². The molecule has 0 saturated carbocycles. The molecular formula is C16H25NO. The summed E-state index contributed by atoms with van der Waals surface area (Å²) in [6.45, 7) is 9.58. The largest absolute Gasteiger partial charge is 0.372 e. The Bertz CT molecular complexity index is 358. The number of hydrogen-bond donors (Lipinski definition) is 1. The van der Waals surface area contributed by atoms with Gasteiger partial charge < -0.3 is 10.1 Å². The van der Waals surface area contributed by atoms with Crippen LogP contribution in [0, 0.1) is 5.92 Å². The predicted octanol–water partition coefficient (Wildman–Crippen LogP) is 3.32. The van der Waals surface area contributed by atoms with Crippen molar-refractivity contribution in [1.29, 1.82) is 0 Å². The van der Waals surface area contributed by atoms with Crippen LogP contribution in [0.2, 0.25) is 0 Å². The maximum absolute atomic E-state index is 6.02. The number of piperidine rings is 1. The Hall–Kier alpha value is -0.860. The number of rotatable bonds is 4. The van der Waals surface area contributed by atoms with Crippen LogP contribution >= 0.6 is 0 Å². The molecule has 2 atom stereocenters. The van der Waals surface area contributed by atoms with Crippen molar-refractivity contribution >= 4 is 0 Å². The van der Waals surface area contributed by atoms with E-state index in [1.165, 1.54) is 17.5 Å². The van der Waals surface area contributed by atoms with Crippen LogP contribution in [0.1, 0.15) is 44.2 Å². The van der Waals surface area contributed by atoms with Crippen LogP contribution in [0.15, 0.2) is 24.3 Å². The van der Waals surface area contributed by atoms with Crippen molar-refractivity contribution in [3.8, 4) is 0 Å². The van der Waals surface area contributed by atoms with E-state index in [4.69, 9.17) is 4.74 Å². The van der Waals surface area contributed by atoms with Crippen LogP contribution in [0.5, 0.6) is 0 Å². The first kappa shape index (κ1) is 13.6. The molecule has 1 heterocycles. The van der Waals surface area contributed by atoms with Gasteiger partial charge in [-0.1, -0.05) is 45.0 Å². The van der Waals surface area contributed by atoms with Gasteiger partial charge in [-0.2, -0.15) is 0 Å². The monoisotopic (exact) mass is 247 g/mol. The first-order valence-corrected chi connectivity index (χ1v) is 7.08. The van der Waals surface area contributed by atoms with Gasteiger partial charge in [0.05, 0.1) is 12.7 Å². The van der Waals surface area contributed by atoms with Crippen molar-refractivity contribution in [2.75, 3.05) is 13.1 Å². The number of ether oxygens (including phenoxy) is 1. The molecule has 1 aromatic rings. The van der Waals surface area contributed by atoms with Gasteiger partial charge in [0, 0.05) is 6.54 Å². The third-order valence-electron chi connectivity index (χ3n) is 3.87. The van der Waals surface area contributed by atoms with E-state index in [2.05, 4.69) is 50.4 Å². The standard InChI is InChI=1S/C16H25NO/c1-12(2)15-6-4-14(5-7-15)11-18-16-10-17-9-8-13(16)3/h4-7,12-13,16-17H,8-11H2,1-3H3. The molecule has 0 amide bonds. The number of benzene rings is 1. The molecule has 0 aromatic heterocycles. The zero-order valence-electron chi connectivity index (χ0n) is 11.8. The van der Waals surface area contributed by atoms with Crippen molar-refractivity contribution in [3.05, 3.63) is 35.4 Å². The van der Waals surface area contributed by atoms with Crippen LogP contribution in [0.3, 0.4) is 0 Å². The molecule has 0 aliphatic carbocycles. The van der Waals surface area contributed by atoms with Crippen LogP contribution in [-0.4, -0.2) is 19.2 Å². The van der Waals surface area contributed by atoms with E-state index in [0.29, 0.717) is 17.9 Å². The molecule has 2 rings (SSSR count). The first-order chi connectivity index (χ1) is 8.66. The Balaban J connectivity index is 1.85. The Labute approximate surface area is 111 Å². The summed E-state index contributed by atoms with van der Waals surface area (Å²) in [6, 6.07) is 8.81. The second kappa shape index (κ2) is 6.35. The fourth-order valence-electron chi connectivity index (χ4n) is 2.39. The molecule has 1 fully saturated rings. The quantitative estimate of drug-likeness (QED) is 0.881. The molecule has 1 saturated heterocycles. The minimum atomic E-state index is 0.364. The average Bonchev–Trinajstić information content (AvgIpc) is 2.38. The molecule has 1 aromatic carbocycles. The zero-order chi connectivity index (χ0) is 13.0. The second-order valence-corrected chi connectivity index (χ2v) is 5.72. The van der Waals surface area contributed by atoms with Crippen LogP contribution in [-0.2, 0) is 11.3 Å². The normalized spacial score (nSPS) is 24.4. The SMILES string of the molecule is CC(C)c1ccc(COC2CNCCC2C)cc1. The van der Waals surface area contributed by atoms with Crippen molar-refractivity contribution in [2.45, 2.75) is 45.8 Å². The summed E-state index contributed by atoms with van der Waals surface area (Å²) < 4.78 is 6.02. The lowest BCUT2D eigenvalue weighted by molar-refractivity contribution is -0.00658. The molecule has 0 bridgehead atoms. The zero-order valence-corrected chi connectivity index (χ0v) is 11.8. The highest BCUT2D eigenvalue weighted by atomic mass is 16.5. The summed E-state index contributed by atoms with van der Waals surface area (Å²) in [6.07, 6.45) is 1.58. The molecule has 100 valence electrons. The van der Waals surface area contributed by atoms with E-state index in [-0.39, 0.29) is 0 Å². The molecule has 0 radical (unpaired) electrons. The predicted molar refractivity (Wildman–Crippen MR) is 75.8 cm³/mol. The van der Waals surface area contributed by atoms with E-state index in [0.717, 1.165) is 19.7 Å². The lowest BCUT2D eigenvalue weighted by Crippen LogP contribution is -2.40. The number of hydrogen-bond acceptors (Lipinski definition) is 2. The van der Waals surface area contributed by atoms with Gasteiger partial charge in [0.1, 0.15) is 0 Å². The molecule has 1 aliphatic heterocycles. The molecule has 18 heavy (non-hydrogen) atoms. The van der Waals surface area contributed by atoms with E-state index < -0.39 is 0 Å². The van der Waals surface area contributed by atoms with Gasteiger partial charge in [-0.3, -0.25) is 0 Å². The Kier molecular flexibility index (Phi) is 4.79. The number of nitrogens with one attached hydrogen (secondary N) is 1. The Morgan fingerprint density at radius 1 is 1.28 bits per heavy atom. The average molecular weight is 247 g/mol. The van der Waals surface area contributed by atoms with E-state index >= 15 is 0 Å². The molecule has 1 aliphatic rings. The Morgan fingerprint density at radius 3 is 2.61 bits per heavy atom. The summed E-state index contributed by atoms with van der Waals surface area (Å²) in [4.78, 5) is 0. The van der Waals surface area contributed by atoms with Gasteiger partial charge in [-0.15, -0.1) is 0 Å². The minimum Gasteiger partial charge on any atom is -0.372 e. The third kappa shape index (κ3) is 3.56. The fraction of sp³-hybridized carbons (Fsp3) is 0.625. The van der Waals surface area contributed by atoms with Crippen molar-refractivity contribution in [1.82, 2.24) is 5.32 Å². The van der Waals surface area contributed by atoms with E-state index in [1.807, 2.05) is 0 Å².